The van der Waals surface area contributed by atoms with Crippen LogP contribution in [0, 0.1) is 0 Å². The molecular weight excluding hydrogens is 343 g/mol. The van der Waals surface area contributed by atoms with Crippen LogP contribution < -0.4 is 5.32 Å². The van der Waals surface area contributed by atoms with Crippen molar-refractivity contribution in [2.75, 3.05) is 5.32 Å². The average Bonchev–Trinajstić information content (AvgIpc) is 2.49. The summed E-state index contributed by atoms with van der Waals surface area (Å²) in [5, 5.41) is 12.9. The third-order valence-corrected chi connectivity index (χ3v) is 3.27. The van der Waals surface area contributed by atoms with Crippen molar-refractivity contribution in [3.63, 3.8) is 0 Å². The van der Waals surface area contributed by atoms with Crippen LogP contribution in [-0.4, -0.2) is 28.1 Å². The molecule has 0 fully saturated rings. The Morgan fingerprint density at radius 2 is 1.91 bits per heavy atom. The minimum atomic E-state index is -1.09. The molecule has 1 amide bonds. The summed E-state index contributed by atoms with van der Waals surface area (Å²) in [5.41, 5.74) is -0.0846. The molecule has 8 heteroatoms. The van der Waals surface area contributed by atoms with Gasteiger partial charge in [-0.3, -0.25) is 4.79 Å². The fraction of sp³-hybridized carbons (Fsp3) is 0.133. The third-order valence-electron chi connectivity index (χ3n) is 2.81. The Hall–Kier alpha value is -2.31. The number of anilines is 1. The molecule has 0 saturated heterocycles. The molecule has 0 aliphatic heterocycles. The van der Waals surface area contributed by atoms with Gasteiger partial charge in [0.2, 0.25) is 0 Å². The minimum Gasteiger partial charge on any atom is -0.507 e. The topological polar surface area (TPSA) is 88.5 Å². The molecule has 0 aliphatic carbocycles. The van der Waals surface area contributed by atoms with Crippen molar-refractivity contribution in [1.82, 2.24) is 4.98 Å². The first-order chi connectivity index (χ1) is 10.9. The molecule has 1 aromatic heterocycles. The maximum absolute atomic E-state index is 12.0. The predicted octanol–water partition coefficient (Wildman–Crippen LogP) is 3.28. The van der Waals surface area contributed by atoms with Gasteiger partial charge in [-0.05, 0) is 37.3 Å². The molecule has 1 heterocycles. The Kier molecular flexibility index (Phi) is 5.41. The number of aromatic hydroxyl groups is 1. The minimum absolute atomic E-state index is 0.0846. The monoisotopic (exact) mass is 354 g/mol. The van der Waals surface area contributed by atoms with Crippen LogP contribution in [0.5, 0.6) is 5.75 Å². The molecule has 0 aliphatic rings. The Labute approximate surface area is 142 Å². The zero-order valence-electron chi connectivity index (χ0n) is 11.9. The summed E-state index contributed by atoms with van der Waals surface area (Å²) in [6.07, 6.45) is 0.287. The second-order valence-electron chi connectivity index (χ2n) is 4.56. The number of nitrogens with one attached hydrogen (secondary N) is 1. The first-order valence-corrected chi connectivity index (χ1v) is 7.24. The van der Waals surface area contributed by atoms with E-state index in [1.807, 2.05) is 0 Å². The molecule has 0 saturated carbocycles. The van der Waals surface area contributed by atoms with Crippen molar-refractivity contribution in [3.05, 3.63) is 52.1 Å². The van der Waals surface area contributed by atoms with Crippen LogP contribution in [0.25, 0.3) is 0 Å². The molecule has 23 heavy (non-hydrogen) atoms. The highest BCUT2D eigenvalue weighted by Gasteiger charge is 2.21. The first kappa shape index (κ1) is 17.1. The van der Waals surface area contributed by atoms with Crippen molar-refractivity contribution >= 4 is 40.9 Å². The summed E-state index contributed by atoms with van der Waals surface area (Å²) in [5.74, 6) is -1.46. The fourth-order valence-corrected chi connectivity index (χ4v) is 1.91. The van der Waals surface area contributed by atoms with E-state index in [0.29, 0.717) is 5.02 Å². The van der Waals surface area contributed by atoms with Crippen LogP contribution in [0.15, 0.2) is 36.5 Å². The predicted molar refractivity (Wildman–Crippen MR) is 85.9 cm³/mol. The Morgan fingerprint density at radius 3 is 2.52 bits per heavy atom. The molecule has 0 unspecified atom stereocenters. The summed E-state index contributed by atoms with van der Waals surface area (Å²) >= 11 is 11.4. The molecule has 6 nitrogen and oxygen atoms in total. The number of aromatic nitrogens is 1. The lowest BCUT2D eigenvalue weighted by Crippen LogP contribution is -2.30. The van der Waals surface area contributed by atoms with E-state index in [1.54, 1.807) is 6.07 Å². The number of phenolic OH excluding ortho intramolecular Hbond substituents is 1. The van der Waals surface area contributed by atoms with Crippen LogP contribution in [-0.2, 0) is 9.53 Å². The van der Waals surface area contributed by atoms with Gasteiger partial charge < -0.3 is 15.2 Å². The third kappa shape index (κ3) is 4.58. The molecule has 120 valence electrons. The highest BCUT2D eigenvalue weighted by molar-refractivity contribution is 6.31. The molecular formula is C15H12Cl2N2O4. The van der Waals surface area contributed by atoms with E-state index in [9.17, 15) is 14.7 Å². The summed E-state index contributed by atoms with van der Waals surface area (Å²) < 4.78 is 5.01. The standard InChI is InChI=1S/C15H12Cl2N2O4/c1-8(14(21)19-13-5-3-10(17)7-18-13)23-15(22)11-4-2-9(16)6-12(11)20/h2-8,20H,1H3,(H,18,19,21)/t8-/m0/s1. The number of carbonyl (C=O) groups excluding carboxylic acids is 2. The van der Waals surface area contributed by atoms with Gasteiger partial charge in [-0.2, -0.15) is 0 Å². The maximum atomic E-state index is 12.0. The van der Waals surface area contributed by atoms with Gasteiger partial charge in [-0.1, -0.05) is 23.2 Å². The smallest absolute Gasteiger partial charge is 0.342 e. The van der Waals surface area contributed by atoms with E-state index >= 15 is 0 Å². The number of amides is 1. The molecule has 2 N–H and O–H groups in total. The zero-order valence-corrected chi connectivity index (χ0v) is 13.4. The number of ether oxygens (including phenoxy) is 1. The molecule has 1 aromatic carbocycles. The SMILES string of the molecule is C[C@H](OC(=O)c1ccc(Cl)cc1O)C(=O)Nc1ccc(Cl)cn1. The highest BCUT2D eigenvalue weighted by Crippen LogP contribution is 2.23. The molecule has 1 atom stereocenters. The lowest BCUT2D eigenvalue weighted by molar-refractivity contribution is -0.123. The van der Waals surface area contributed by atoms with Crippen molar-refractivity contribution in [3.8, 4) is 5.75 Å². The van der Waals surface area contributed by atoms with Gasteiger partial charge in [0.25, 0.3) is 5.91 Å². The van der Waals surface area contributed by atoms with Gasteiger partial charge in [0, 0.05) is 11.2 Å². The van der Waals surface area contributed by atoms with Crippen LogP contribution in [0.3, 0.4) is 0 Å². The summed E-state index contributed by atoms with van der Waals surface area (Å²) in [6, 6.07) is 7.03. The number of hydrogen-bond donors (Lipinski definition) is 2. The highest BCUT2D eigenvalue weighted by atomic mass is 35.5. The fourth-order valence-electron chi connectivity index (χ4n) is 1.63. The van der Waals surface area contributed by atoms with E-state index in [-0.39, 0.29) is 22.2 Å². The quantitative estimate of drug-likeness (QED) is 0.822. The normalized spacial score (nSPS) is 11.6. The maximum Gasteiger partial charge on any atom is 0.342 e. The van der Waals surface area contributed by atoms with Gasteiger partial charge in [0.15, 0.2) is 6.10 Å². The molecule has 0 radical (unpaired) electrons. The van der Waals surface area contributed by atoms with E-state index in [1.165, 1.54) is 37.4 Å². The van der Waals surface area contributed by atoms with E-state index < -0.39 is 18.0 Å². The van der Waals surface area contributed by atoms with Crippen molar-refractivity contribution in [2.45, 2.75) is 13.0 Å². The van der Waals surface area contributed by atoms with E-state index in [2.05, 4.69) is 10.3 Å². The number of rotatable bonds is 4. The molecule has 2 rings (SSSR count). The van der Waals surface area contributed by atoms with Crippen molar-refractivity contribution in [2.24, 2.45) is 0 Å². The number of esters is 1. The second-order valence-corrected chi connectivity index (χ2v) is 5.43. The molecule has 0 spiro atoms. The number of benzene rings is 1. The largest absolute Gasteiger partial charge is 0.507 e. The second kappa shape index (κ2) is 7.30. The van der Waals surface area contributed by atoms with Crippen molar-refractivity contribution in [1.29, 1.82) is 0 Å². The summed E-state index contributed by atoms with van der Waals surface area (Å²) in [4.78, 5) is 27.8. The van der Waals surface area contributed by atoms with Gasteiger partial charge >= 0.3 is 5.97 Å². The van der Waals surface area contributed by atoms with Gasteiger partial charge in [0.05, 0.1) is 5.02 Å². The Morgan fingerprint density at radius 1 is 1.22 bits per heavy atom. The number of nitrogens with zero attached hydrogens (tertiary/aromatic N) is 1. The lowest BCUT2D eigenvalue weighted by atomic mass is 10.2. The van der Waals surface area contributed by atoms with E-state index in [4.69, 9.17) is 27.9 Å². The number of pyridine rings is 1. The van der Waals surface area contributed by atoms with Gasteiger partial charge in [-0.25, -0.2) is 9.78 Å². The molecule has 2 aromatic rings. The number of phenols is 1. The Bertz CT molecular complexity index is 735. The summed E-state index contributed by atoms with van der Waals surface area (Å²) in [7, 11) is 0. The number of carbonyl (C=O) groups is 2. The van der Waals surface area contributed by atoms with Gasteiger partial charge in [0.1, 0.15) is 17.1 Å². The number of hydrogen-bond acceptors (Lipinski definition) is 5. The van der Waals surface area contributed by atoms with Crippen LogP contribution in [0.4, 0.5) is 5.82 Å². The van der Waals surface area contributed by atoms with Crippen LogP contribution in [0.2, 0.25) is 10.0 Å². The summed E-state index contributed by atoms with van der Waals surface area (Å²) in [6.45, 7) is 1.40. The zero-order chi connectivity index (χ0) is 17.0. The average molecular weight is 355 g/mol. The van der Waals surface area contributed by atoms with Crippen LogP contribution >= 0.6 is 23.2 Å². The lowest BCUT2D eigenvalue weighted by Gasteiger charge is -2.13. The molecule has 0 bridgehead atoms. The van der Waals surface area contributed by atoms with Crippen molar-refractivity contribution < 1.29 is 19.4 Å². The first-order valence-electron chi connectivity index (χ1n) is 6.48. The Balaban J connectivity index is 2.00. The van der Waals surface area contributed by atoms with Gasteiger partial charge in [-0.15, -0.1) is 0 Å². The number of halogens is 2. The van der Waals surface area contributed by atoms with E-state index in [0.717, 1.165) is 0 Å². The van der Waals surface area contributed by atoms with Crippen LogP contribution in [0.1, 0.15) is 17.3 Å².